The van der Waals surface area contributed by atoms with Crippen LogP contribution >= 0.6 is 0 Å². The topological polar surface area (TPSA) is 26.0 Å². The molecule has 1 aromatic carbocycles. The fraction of sp³-hybridized carbons (Fsp3) is 0.200. The number of rotatable bonds is 1. The minimum absolute atomic E-state index is 0.583. The minimum Gasteiger partial charge on any atom is -0.326 e. The molecule has 11 heavy (non-hydrogen) atoms. The Morgan fingerprint density at radius 2 is 2.27 bits per heavy atom. The molecular weight excluding hydrogens is 134 g/mol. The van der Waals surface area contributed by atoms with Crippen LogP contribution in [-0.2, 0) is 6.54 Å². The summed E-state index contributed by atoms with van der Waals surface area (Å²) in [7, 11) is 0. The van der Waals surface area contributed by atoms with Gasteiger partial charge in [0, 0.05) is 12.1 Å². The molecule has 0 saturated heterocycles. The Kier molecular flexibility index (Phi) is 2.71. The number of hydrogen-bond acceptors (Lipinski definition) is 1. The zero-order chi connectivity index (χ0) is 8.10. The molecule has 0 aromatic heterocycles. The van der Waals surface area contributed by atoms with Gasteiger partial charge in [0.2, 0.25) is 0 Å². The van der Waals surface area contributed by atoms with Gasteiger partial charge in [0.1, 0.15) is 0 Å². The zero-order valence-electron chi connectivity index (χ0n) is 6.59. The molecule has 0 saturated carbocycles. The molecule has 1 heteroatoms. The van der Waals surface area contributed by atoms with Crippen molar-refractivity contribution in [3.8, 4) is 11.8 Å². The highest BCUT2D eigenvalue weighted by Gasteiger charge is 1.88. The molecule has 0 radical (unpaired) electrons. The summed E-state index contributed by atoms with van der Waals surface area (Å²) in [6.45, 7) is 2.41. The number of nitrogens with two attached hydrogens (primary N) is 1. The molecule has 2 N–H and O–H groups in total. The smallest absolute Gasteiger partial charge is 0.0248 e. The molecule has 1 aromatic rings. The second kappa shape index (κ2) is 3.80. The van der Waals surface area contributed by atoms with Crippen LogP contribution in [0.15, 0.2) is 24.3 Å². The van der Waals surface area contributed by atoms with Crippen molar-refractivity contribution < 1.29 is 0 Å². The summed E-state index contributed by atoms with van der Waals surface area (Å²) < 4.78 is 0. The van der Waals surface area contributed by atoms with Crippen molar-refractivity contribution in [2.45, 2.75) is 13.5 Å². The summed E-state index contributed by atoms with van der Waals surface area (Å²) in [6, 6.07) is 7.97. The molecule has 0 heterocycles. The lowest BCUT2D eigenvalue weighted by Gasteiger charge is -1.95. The second-order valence-electron chi connectivity index (χ2n) is 2.28. The molecule has 0 fully saturated rings. The summed E-state index contributed by atoms with van der Waals surface area (Å²) in [5.74, 6) is 5.82. The van der Waals surface area contributed by atoms with Crippen LogP contribution in [0.2, 0.25) is 0 Å². The van der Waals surface area contributed by atoms with Gasteiger partial charge in [0.25, 0.3) is 0 Å². The monoisotopic (exact) mass is 145 g/mol. The molecule has 0 atom stereocenters. The van der Waals surface area contributed by atoms with Gasteiger partial charge in [-0.3, -0.25) is 0 Å². The van der Waals surface area contributed by atoms with Crippen LogP contribution < -0.4 is 5.73 Å². The van der Waals surface area contributed by atoms with Gasteiger partial charge in [-0.05, 0) is 24.6 Å². The summed E-state index contributed by atoms with van der Waals surface area (Å²) in [6.07, 6.45) is 0. The fourth-order valence-corrected chi connectivity index (χ4v) is 0.920. The van der Waals surface area contributed by atoms with Gasteiger partial charge in [-0.15, -0.1) is 5.92 Å². The van der Waals surface area contributed by atoms with E-state index in [9.17, 15) is 0 Å². The van der Waals surface area contributed by atoms with E-state index < -0.39 is 0 Å². The molecule has 0 aliphatic heterocycles. The van der Waals surface area contributed by atoms with Crippen LogP contribution in [0.5, 0.6) is 0 Å². The van der Waals surface area contributed by atoms with Gasteiger partial charge >= 0.3 is 0 Å². The average molecular weight is 145 g/mol. The van der Waals surface area contributed by atoms with Crippen molar-refractivity contribution in [3.05, 3.63) is 35.4 Å². The summed E-state index contributed by atoms with van der Waals surface area (Å²) in [5, 5.41) is 0. The SMILES string of the molecule is CC#Cc1cccc(CN)c1. The van der Waals surface area contributed by atoms with Crippen LogP contribution in [-0.4, -0.2) is 0 Å². The van der Waals surface area contributed by atoms with Gasteiger partial charge in [-0.2, -0.15) is 0 Å². The summed E-state index contributed by atoms with van der Waals surface area (Å²) in [4.78, 5) is 0. The first-order valence-electron chi connectivity index (χ1n) is 3.58. The van der Waals surface area contributed by atoms with E-state index in [1.807, 2.05) is 31.2 Å². The van der Waals surface area contributed by atoms with Crippen molar-refractivity contribution >= 4 is 0 Å². The highest BCUT2D eigenvalue weighted by Crippen LogP contribution is 2.02. The Morgan fingerprint density at radius 3 is 2.91 bits per heavy atom. The number of hydrogen-bond donors (Lipinski definition) is 1. The van der Waals surface area contributed by atoms with Crippen LogP contribution in [0.3, 0.4) is 0 Å². The van der Waals surface area contributed by atoms with E-state index in [4.69, 9.17) is 5.73 Å². The van der Waals surface area contributed by atoms with Crippen LogP contribution in [0.25, 0.3) is 0 Å². The van der Waals surface area contributed by atoms with E-state index in [2.05, 4.69) is 11.8 Å². The van der Waals surface area contributed by atoms with E-state index in [0.29, 0.717) is 6.54 Å². The maximum absolute atomic E-state index is 5.47. The Labute approximate surface area is 67.2 Å². The van der Waals surface area contributed by atoms with Gasteiger partial charge in [0.15, 0.2) is 0 Å². The van der Waals surface area contributed by atoms with Crippen molar-refractivity contribution in [2.24, 2.45) is 5.73 Å². The number of benzene rings is 1. The van der Waals surface area contributed by atoms with Gasteiger partial charge in [-0.25, -0.2) is 0 Å². The lowest BCUT2D eigenvalue weighted by molar-refractivity contribution is 1.07. The first-order chi connectivity index (χ1) is 5.36. The predicted molar refractivity (Wildman–Crippen MR) is 46.9 cm³/mol. The zero-order valence-corrected chi connectivity index (χ0v) is 6.59. The molecule has 0 bridgehead atoms. The molecule has 0 aliphatic rings. The quantitative estimate of drug-likeness (QED) is 0.596. The molecule has 0 amide bonds. The van der Waals surface area contributed by atoms with E-state index in [1.54, 1.807) is 0 Å². The van der Waals surface area contributed by atoms with E-state index in [-0.39, 0.29) is 0 Å². The molecule has 1 rings (SSSR count). The van der Waals surface area contributed by atoms with Crippen LogP contribution in [0, 0.1) is 11.8 Å². The molecule has 56 valence electrons. The van der Waals surface area contributed by atoms with Gasteiger partial charge in [0.05, 0.1) is 0 Å². The Hall–Kier alpha value is -1.26. The second-order valence-corrected chi connectivity index (χ2v) is 2.28. The average Bonchev–Trinajstić information content (AvgIpc) is 2.06. The third-order valence-electron chi connectivity index (χ3n) is 1.43. The van der Waals surface area contributed by atoms with E-state index in [0.717, 1.165) is 11.1 Å². The van der Waals surface area contributed by atoms with Gasteiger partial charge in [-0.1, -0.05) is 18.1 Å². The standard InChI is InChI=1S/C10H11N/c1-2-4-9-5-3-6-10(7-9)8-11/h3,5-7H,8,11H2,1H3. The van der Waals surface area contributed by atoms with Crippen LogP contribution in [0.4, 0.5) is 0 Å². The lowest BCUT2D eigenvalue weighted by Crippen LogP contribution is -1.95. The first kappa shape index (κ1) is 7.84. The third kappa shape index (κ3) is 2.10. The van der Waals surface area contributed by atoms with Gasteiger partial charge < -0.3 is 5.73 Å². The molecule has 0 aliphatic carbocycles. The molecule has 1 nitrogen and oxygen atoms in total. The largest absolute Gasteiger partial charge is 0.326 e. The molecule has 0 unspecified atom stereocenters. The van der Waals surface area contributed by atoms with Crippen LogP contribution in [0.1, 0.15) is 18.1 Å². The highest BCUT2D eigenvalue weighted by molar-refractivity contribution is 5.36. The third-order valence-corrected chi connectivity index (χ3v) is 1.43. The Balaban J connectivity index is 2.97. The van der Waals surface area contributed by atoms with Crippen molar-refractivity contribution in [1.29, 1.82) is 0 Å². The minimum atomic E-state index is 0.583. The predicted octanol–water partition coefficient (Wildman–Crippen LogP) is 1.52. The maximum atomic E-state index is 5.47. The highest BCUT2D eigenvalue weighted by atomic mass is 14.5. The summed E-state index contributed by atoms with van der Waals surface area (Å²) >= 11 is 0. The van der Waals surface area contributed by atoms with Crippen molar-refractivity contribution in [1.82, 2.24) is 0 Å². The van der Waals surface area contributed by atoms with Crippen molar-refractivity contribution in [3.63, 3.8) is 0 Å². The van der Waals surface area contributed by atoms with E-state index in [1.165, 1.54) is 0 Å². The maximum Gasteiger partial charge on any atom is 0.0248 e. The fourth-order valence-electron chi connectivity index (χ4n) is 0.920. The summed E-state index contributed by atoms with van der Waals surface area (Å²) in [5.41, 5.74) is 7.63. The molecule has 0 spiro atoms. The van der Waals surface area contributed by atoms with E-state index >= 15 is 0 Å². The first-order valence-corrected chi connectivity index (χ1v) is 3.58. The Bertz CT molecular complexity index is 291. The lowest BCUT2D eigenvalue weighted by atomic mass is 10.1. The molecular formula is C10H11N. The normalized spacial score (nSPS) is 8.55. The van der Waals surface area contributed by atoms with Crippen molar-refractivity contribution in [2.75, 3.05) is 0 Å². The Morgan fingerprint density at radius 1 is 1.45 bits per heavy atom.